The number of nitrogens with zero attached hydrogens (tertiary/aromatic N) is 5. The molecule has 4 aromatic heterocycles. The number of hydrogen-bond acceptors (Lipinski definition) is 6. The van der Waals surface area contributed by atoms with Crippen LogP contribution in [-0.2, 0) is 6.54 Å². The lowest BCUT2D eigenvalue weighted by Crippen LogP contribution is -2.17. The smallest absolute Gasteiger partial charge is 0.344 e. The van der Waals surface area contributed by atoms with Crippen molar-refractivity contribution in [3.8, 4) is 22.9 Å². The van der Waals surface area contributed by atoms with E-state index < -0.39 is 5.76 Å². The molecule has 5 rings (SSSR count). The highest BCUT2D eigenvalue weighted by Gasteiger charge is 2.22. The van der Waals surface area contributed by atoms with Crippen molar-refractivity contribution >= 4 is 22.6 Å². The van der Waals surface area contributed by atoms with E-state index in [0.29, 0.717) is 16.6 Å². The highest BCUT2D eigenvalue weighted by atomic mass is 35.5. The van der Waals surface area contributed by atoms with Gasteiger partial charge in [-0.15, -0.1) is 0 Å². The highest BCUT2D eigenvalue weighted by molar-refractivity contribution is 6.30. The Kier molecular flexibility index (Phi) is 4.86. The molecule has 0 aromatic carbocycles. The number of nitrogens with one attached hydrogen (secondary N) is 1. The van der Waals surface area contributed by atoms with Crippen LogP contribution in [0.25, 0.3) is 33.9 Å². The third kappa shape index (κ3) is 3.63. The first-order valence-electron chi connectivity index (χ1n) is 10.1. The zero-order chi connectivity index (χ0) is 20.7. The van der Waals surface area contributed by atoms with Crippen molar-refractivity contribution < 1.29 is 4.52 Å². The van der Waals surface area contributed by atoms with Crippen LogP contribution in [0.4, 0.5) is 0 Å². The lowest BCUT2D eigenvalue weighted by atomic mass is 9.83. The summed E-state index contributed by atoms with van der Waals surface area (Å²) < 4.78 is 6.85. The molecule has 1 aliphatic carbocycles. The Morgan fingerprint density at radius 3 is 2.80 bits per heavy atom. The van der Waals surface area contributed by atoms with Crippen LogP contribution in [0.3, 0.4) is 0 Å². The molecule has 1 saturated carbocycles. The van der Waals surface area contributed by atoms with E-state index in [1.807, 2.05) is 18.3 Å². The fourth-order valence-corrected chi connectivity index (χ4v) is 4.40. The van der Waals surface area contributed by atoms with Gasteiger partial charge in [0.25, 0.3) is 0 Å². The fraction of sp³-hybridized carbons (Fsp3) is 0.381. The second-order valence-corrected chi connectivity index (χ2v) is 8.50. The summed E-state index contributed by atoms with van der Waals surface area (Å²) in [5.74, 6) is 1.27. The first-order valence-corrected chi connectivity index (χ1v) is 10.5. The maximum atomic E-state index is 11.4. The molecule has 30 heavy (non-hydrogen) atoms. The maximum Gasteiger partial charge on any atom is 0.439 e. The lowest BCUT2D eigenvalue weighted by Gasteiger charge is -2.26. The van der Waals surface area contributed by atoms with Crippen LogP contribution in [0.1, 0.15) is 32.6 Å². The number of aromatic amines is 1. The number of fused-ring (bicyclic) bond motifs is 1. The van der Waals surface area contributed by atoms with Crippen LogP contribution in [-0.4, -0.2) is 29.7 Å². The summed E-state index contributed by atoms with van der Waals surface area (Å²) in [5, 5.41) is 4.26. The monoisotopic (exact) mass is 424 g/mol. The number of H-pyrrole nitrogens is 1. The summed E-state index contributed by atoms with van der Waals surface area (Å²) in [5.41, 5.74) is 3.16. The molecular formula is C21H21ClN6O2. The molecule has 0 amide bonds. The molecule has 0 atom stereocenters. The molecule has 1 N–H and O–H groups in total. The van der Waals surface area contributed by atoms with Gasteiger partial charge >= 0.3 is 5.76 Å². The molecule has 0 aliphatic heterocycles. The largest absolute Gasteiger partial charge is 0.439 e. The molecule has 0 unspecified atom stereocenters. The van der Waals surface area contributed by atoms with Crippen LogP contribution in [0.5, 0.6) is 0 Å². The number of pyridine rings is 1. The molecule has 154 valence electrons. The Morgan fingerprint density at radius 1 is 1.23 bits per heavy atom. The minimum absolute atomic E-state index is 0.187. The van der Waals surface area contributed by atoms with Gasteiger partial charge in [0.2, 0.25) is 11.6 Å². The summed E-state index contributed by atoms with van der Waals surface area (Å²) in [6.07, 6.45) is 10.4. The van der Waals surface area contributed by atoms with Gasteiger partial charge in [-0.05, 0) is 36.8 Å². The molecule has 0 bridgehead atoms. The maximum absolute atomic E-state index is 11.4. The molecule has 8 nitrogen and oxygen atoms in total. The number of aromatic nitrogens is 6. The number of hydrogen-bond donors (Lipinski definition) is 1. The van der Waals surface area contributed by atoms with Gasteiger partial charge < -0.3 is 4.57 Å². The van der Waals surface area contributed by atoms with Gasteiger partial charge in [0.05, 0.1) is 16.1 Å². The third-order valence-corrected chi connectivity index (χ3v) is 6.04. The molecule has 4 aromatic rings. The second-order valence-electron chi connectivity index (χ2n) is 8.06. The van der Waals surface area contributed by atoms with E-state index in [1.54, 1.807) is 12.4 Å². The Balaban J connectivity index is 1.64. The molecule has 0 spiro atoms. The summed E-state index contributed by atoms with van der Waals surface area (Å²) in [6.45, 7) is 3.25. The summed E-state index contributed by atoms with van der Waals surface area (Å²) in [7, 11) is 0. The average molecular weight is 425 g/mol. The second kappa shape index (κ2) is 7.68. The van der Waals surface area contributed by atoms with E-state index in [-0.39, 0.29) is 11.6 Å². The molecule has 0 saturated heterocycles. The van der Waals surface area contributed by atoms with Crippen molar-refractivity contribution in [2.45, 2.75) is 39.2 Å². The standard InChI is InChI=1S/C21H21ClN6O2/c1-12-2-4-13(5-3-12)11-28-7-6-16-18(28)17(14-8-15(22)10-23-9-14)25-19(24-16)20-26-21(29)30-27-20/h6-10,12-13H,2-5,11H2,1H3,(H,26,27,29)/t12-,13-. The van der Waals surface area contributed by atoms with Gasteiger partial charge in [-0.3, -0.25) is 14.5 Å². The predicted molar refractivity (Wildman–Crippen MR) is 113 cm³/mol. The normalized spacial score (nSPS) is 19.4. The number of rotatable bonds is 4. The Bertz CT molecular complexity index is 1250. The molecule has 9 heteroatoms. The average Bonchev–Trinajstić information content (AvgIpc) is 3.35. The van der Waals surface area contributed by atoms with Gasteiger partial charge in [-0.1, -0.05) is 36.5 Å². The van der Waals surface area contributed by atoms with Crippen molar-refractivity contribution in [1.82, 2.24) is 29.7 Å². The topological polar surface area (TPSA) is 102 Å². The van der Waals surface area contributed by atoms with Crippen LogP contribution < -0.4 is 5.76 Å². The van der Waals surface area contributed by atoms with Crippen molar-refractivity contribution in [3.05, 3.63) is 46.3 Å². The van der Waals surface area contributed by atoms with Crippen molar-refractivity contribution in [2.24, 2.45) is 11.8 Å². The quantitative estimate of drug-likeness (QED) is 0.523. The lowest BCUT2D eigenvalue weighted by molar-refractivity contribution is 0.267. The molecule has 4 heterocycles. The first kappa shape index (κ1) is 19.0. The minimum Gasteiger partial charge on any atom is -0.344 e. The zero-order valence-electron chi connectivity index (χ0n) is 16.5. The van der Waals surface area contributed by atoms with Gasteiger partial charge in [0, 0.05) is 30.7 Å². The molecule has 1 aliphatic rings. The van der Waals surface area contributed by atoms with Gasteiger partial charge in [0.1, 0.15) is 5.69 Å². The van der Waals surface area contributed by atoms with Gasteiger partial charge in [0.15, 0.2) is 0 Å². The van der Waals surface area contributed by atoms with E-state index in [9.17, 15) is 4.79 Å². The molecule has 1 fully saturated rings. The van der Waals surface area contributed by atoms with Crippen LogP contribution >= 0.6 is 11.6 Å². The first-order chi connectivity index (χ1) is 14.6. The summed E-state index contributed by atoms with van der Waals surface area (Å²) in [6, 6.07) is 3.79. The van der Waals surface area contributed by atoms with Crippen LogP contribution in [0.2, 0.25) is 5.02 Å². The molecule has 0 radical (unpaired) electrons. The van der Waals surface area contributed by atoms with E-state index in [0.717, 1.165) is 29.1 Å². The fourth-order valence-electron chi connectivity index (χ4n) is 4.22. The van der Waals surface area contributed by atoms with Crippen molar-refractivity contribution in [1.29, 1.82) is 0 Å². The van der Waals surface area contributed by atoms with Crippen LogP contribution in [0, 0.1) is 11.8 Å². The Labute approximate surface area is 177 Å². The predicted octanol–water partition coefficient (Wildman–Crippen LogP) is 4.32. The Morgan fingerprint density at radius 2 is 2.07 bits per heavy atom. The van der Waals surface area contributed by atoms with Gasteiger partial charge in [-0.2, -0.15) is 0 Å². The van der Waals surface area contributed by atoms with Crippen molar-refractivity contribution in [2.75, 3.05) is 0 Å². The van der Waals surface area contributed by atoms with E-state index in [2.05, 4.69) is 36.1 Å². The highest BCUT2D eigenvalue weighted by Crippen LogP contribution is 2.33. The van der Waals surface area contributed by atoms with Crippen molar-refractivity contribution in [3.63, 3.8) is 0 Å². The SMILES string of the molecule is C[C@H]1CC[C@H](Cn2ccc3nc(-c4noc(=O)[nH]4)nc(-c4cncc(Cl)c4)c32)CC1. The summed E-state index contributed by atoms with van der Waals surface area (Å²) in [4.78, 5) is 27.5. The van der Waals surface area contributed by atoms with E-state index in [1.165, 1.54) is 25.7 Å². The minimum atomic E-state index is -0.649. The Hall–Kier alpha value is -3.00. The van der Waals surface area contributed by atoms with E-state index in [4.69, 9.17) is 16.6 Å². The van der Waals surface area contributed by atoms with E-state index >= 15 is 0 Å². The summed E-state index contributed by atoms with van der Waals surface area (Å²) >= 11 is 6.20. The zero-order valence-corrected chi connectivity index (χ0v) is 17.3. The van der Waals surface area contributed by atoms with Gasteiger partial charge in [-0.25, -0.2) is 14.8 Å². The van der Waals surface area contributed by atoms with Crippen LogP contribution in [0.15, 0.2) is 40.0 Å². The molecular weight excluding hydrogens is 404 g/mol. The third-order valence-electron chi connectivity index (χ3n) is 5.83. The number of halogens is 1.